The second-order valence-corrected chi connectivity index (χ2v) is 11.4. The molecule has 1 aliphatic carbocycles. The minimum absolute atomic E-state index is 0.0187. The Morgan fingerprint density at radius 3 is 2.13 bits per heavy atom. The third-order valence-corrected chi connectivity index (χ3v) is 8.34. The minimum atomic E-state index is -5.19. The Morgan fingerprint density at radius 1 is 0.957 bits per heavy atom. The molecular weight excluding hydrogens is 620 g/mol. The molecule has 2 fully saturated rings. The van der Waals surface area contributed by atoms with Gasteiger partial charge in [0, 0.05) is 30.3 Å². The molecule has 1 N–H and O–H groups in total. The summed E-state index contributed by atoms with van der Waals surface area (Å²) in [5, 5.41) is 17.9. The number of carboxylic acid groups (broad SMARTS) is 2. The van der Waals surface area contributed by atoms with Crippen molar-refractivity contribution in [1.29, 1.82) is 0 Å². The molecule has 1 amide bonds. The lowest BCUT2D eigenvalue weighted by molar-refractivity contribution is -0.344. The van der Waals surface area contributed by atoms with Crippen molar-refractivity contribution in [3.63, 3.8) is 0 Å². The lowest BCUT2D eigenvalue weighted by atomic mass is 9.68. The SMILES string of the molecule is CCOc1ccc(-c2cc(F)c(F)cc2F)c(CC2CCC3(CC2)CC(=O)N(c2ccc(C(=O)O)cc2)C3)c1.O=C([O-])C(F)(F)F. The van der Waals surface area contributed by atoms with Crippen molar-refractivity contribution in [2.24, 2.45) is 11.3 Å². The third kappa shape index (κ3) is 7.99. The summed E-state index contributed by atoms with van der Waals surface area (Å²) in [5.41, 5.74) is 2.09. The second-order valence-electron chi connectivity index (χ2n) is 11.4. The van der Waals surface area contributed by atoms with E-state index in [1.807, 2.05) is 13.0 Å². The molecule has 1 spiro atoms. The van der Waals surface area contributed by atoms with Crippen LogP contribution in [0.1, 0.15) is 54.9 Å². The summed E-state index contributed by atoms with van der Waals surface area (Å²) in [7, 11) is 0. The van der Waals surface area contributed by atoms with Crippen molar-refractivity contribution in [1.82, 2.24) is 0 Å². The van der Waals surface area contributed by atoms with Gasteiger partial charge in [-0.3, -0.25) is 4.79 Å². The molecule has 0 bridgehead atoms. The maximum absolute atomic E-state index is 14.7. The maximum atomic E-state index is 14.7. The summed E-state index contributed by atoms with van der Waals surface area (Å²) in [6.45, 7) is 2.93. The fraction of sp³-hybridized carbons (Fsp3) is 0.364. The van der Waals surface area contributed by atoms with Crippen molar-refractivity contribution in [3.8, 4) is 16.9 Å². The van der Waals surface area contributed by atoms with Crippen LogP contribution in [0, 0.1) is 28.8 Å². The number of carboxylic acids is 2. The van der Waals surface area contributed by atoms with E-state index in [0.29, 0.717) is 49.1 Å². The first-order valence-electron chi connectivity index (χ1n) is 14.4. The highest BCUT2D eigenvalue weighted by molar-refractivity contribution is 5.97. The van der Waals surface area contributed by atoms with Gasteiger partial charge >= 0.3 is 12.1 Å². The highest BCUT2D eigenvalue weighted by atomic mass is 19.4. The van der Waals surface area contributed by atoms with Gasteiger partial charge in [-0.1, -0.05) is 6.07 Å². The quantitative estimate of drug-likeness (QED) is 0.237. The van der Waals surface area contributed by atoms with E-state index in [9.17, 15) is 35.9 Å². The molecule has 1 saturated carbocycles. The van der Waals surface area contributed by atoms with Gasteiger partial charge in [-0.05, 0) is 104 Å². The van der Waals surface area contributed by atoms with Gasteiger partial charge in [0.25, 0.3) is 0 Å². The van der Waals surface area contributed by atoms with Crippen LogP contribution in [0.4, 0.5) is 32.0 Å². The number of carbonyl (C=O) groups is 3. The Bertz CT molecular complexity index is 1600. The molecular formula is C33H30F6NO6-. The van der Waals surface area contributed by atoms with Crippen LogP contribution in [0.3, 0.4) is 0 Å². The lowest BCUT2D eigenvalue weighted by Crippen LogP contribution is -2.37. The molecule has 0 unspecified atom stereocenters. The molecule has 3 aromatic rings. The van der Waals surface area contributed by atoms with E-state index in [-0.39, 0.29) is 28.4 Å². The zero-order chi connectivity index (χ0) is 33.8. The number of halogens is 6. The summed E-state index contributed by atoms with van der Waals surface area (Å²) in [4.78, 5) is 34.6. The summed E-state index contributed by atoms with van der Waals surface area (Å²) >= 11 is 0. The van der Waals surface area contributed by atoms with Crippen LogP contribution in [0.5, 0.6) is 5.75 Å². The van der Waals surface area contributed by atoms with Crippen LogP contribution in [0.25, 0.3) is 11.1 Å². The number of carbonyl (C=O) groups excluding carboxylic acids is 2. The first kappa shape index (κ1) is 34.3. The number of anilines is 1. The summed E-state index contributed by atoms with van der Waals surface area (Å²) in [6, 6.07) is 13.1. The molecule has 1 aliphatic heterocycles. The predicted octanol–water partition coefficient (Wildman–Crippen LogP) is 6.32. The topological polar surface area (TPSA) is 107 Å². The largest absolute Gasteiger partial charge is 0.542 e. The number of alkyl halides is 3. The maximum Gasteiger partial charge on any atom is 0.430 e. The van der Waals surface area contributed by atoms with Gasteiger partial charge in [0.1, 0.15) is 17.5 Å². The number of rotatable bonds is 7. The lowest BCUT2D eigenvalue weighted by Gasteiger charge is -2.37. The van der Waals surface area contributed by atoms with Gasteiger partial charge in [0.2, 0.25) is 5.91 Å². The van der Waals surface area contributed by atoms with Gasteiger partial charge in [0.05, 0.1) is 12.2 Å². The van der Waals surface area contributed by atoms with Gasteiger partial charge in [0.15, 0.2) is 11.6 Å². The fourth-order valence-electron chi connectivity index (χ4n) is 6.04. The molecule has 1 heterocycles. The van der Waals surface area contributed by atoms with Crippen LogP contribution in [-0.4, -0.2) is 42.3 Å². The summed E-state index contributed by atoms with van der Waals surface area (Å²) in [5.74, 6) is -6.20. The Labute approximate surface area is 260 Å². The first-order chi connectivity index (χ1) is 21.6. The summed E-state index contributed by atoms with van der Waals surface area (Å²) < 4.78 is 79.5. The van der Waals surface area contributed by atoms with Crippen LogP contribution in [0.15, 0.2) is 54.6 Å². The Balaban J connectivity index is 0.000000617. The van der Waals surface area contributed by atoms with E-state index < -0.39 is 35.6 Å². The number of ether oxygens (including phenoxy) is 1. The Morgan fingerprint density at radius 2 is 1.57 bits per heavy atom. The van der Waals surface area contributed by atoms with E-state index in [1.165, 1.54) is 12.1 Å². The molecule has 0 aromatic heterocycles. The van der Waals surface area contributed by atoms with Crippen molar-refractivity contribution >= 4 is 23.5 Å². The normalized spacial score (nSPS) is 19.5. The van der Waals surface area contributed by atoms with Gasteiger partial charge in [-0.15, -0.1) is 0 Å². The molecule has 1 saturated heterocycles. The highest BCUT2D eigenvalue weighted by Crippen LogP contribution is 2.48. The van der Waals surface area contributed by atoms with Crippen molar-refractivity contribution in [3.05, 3.63) is 83.2 Å². The van der Waals surface area contributed by atoms with Crippen LogP contribution >= 0.6 is 0 Å². The highest BCUT2D eigenvalue weighted by Gasteiger charge is 2.45. The van der Waals surface area contributed by atoms with Crippen LogP contribution in [-0.2, 0) is 16.0 Å². The third-order valence-electron chi connectivity index (χ3n) is 8.34. The zero-order valence-electron chi connectivity index (χ0n) is 24.6. The average molecular weight is 651 g/mol. The monoisotopic (exact) mass is 650 g/mol. The van der Waals surface area contributed by atoms with Gasteiger partial charge in [-0.25, -0.2) is 18.0 Å². The van der Waals surface area contributed by atoms with E-state index in [4.69, 9.17) is 19.7 Å². The van der Waals surface area contributed by atoms with E-state index in [1.54, 1.807) is 29.2 Å². The molecule has 5 rings (SSSR count). The molecule has 7 nitrogen and oxygen atoms in total. The predicted molar refractivity (Wildman–Crippen MR) is 152 cm³/mol. The van der Waals surface area contributed by atoms with Crippen molar-refractivity contribution in [2.75, 3.05) is 18.1 Å². The number of benzene rings is 3. The van der Waals surface area contributed by atoms with Crippen LogP contribution in [0.2, 0.25) is 0 Å². The minimum Gasteiger partial charge on any atom is -0.542 e. The molecule has 13 heteroatoms. The van der Waals surface area contributed by atoms with Crippen molar-refractivity contribution < 1.29 is 55.7 Å². The number of amides is 1. The molecule has 0 radical (unpaired) electrons. The Hall–Kier alpha value is -4.55. The van der Waals surface area contributed by atoms with Crippen LogP contribution < -0.4 is 14.7 Å². The second kappa shape index (κ2) is 13.8. The zero-order valence-corrected chi connectivity index (χ0v) is 24.6. The number of aliphatic carboxylic acids is 1. The average Bonchev–Trinajstić information content (AvgIpc) is 3.32. The molecule has 246 valence electrons. The smallest absolute Gasteiger partial charge is 0.430 e. The van der Waals surface area contributed by atoms with Gasteiger partial charge < -0.3 is 24.6 Å². The first-order valence-corrected chi connectivity index (χ1v) is 14.4. The number of hydrogen-bond donors (Lipinski definition) is 1. The number of nitrogens with zero attached hydrogens (tertiary/aromatic N) is 1. The van der Waals surface area contributed by atoms with E-state index in [0.717, 1.165) is 37.3 Å². The molecule has 0 atom stereocenters. The van der Waals surface area contributed by atoms with E-state index in [2.05, 4.69) is 0 Å². The molecule has 2 aliphatic rings. The standard InChI is InChI=1S/C31H30F3NO4.C2HF3O2/c1-2-39-23-7-8-24(25-15-27(33)28(34)16-26(25)32)21(14-23)13-19-9-11-31(12-10-19)17-29(36)35(18-31)22-5-3-20(4-6-22)30(37)38;3-2(4,5)1(6)7/h3-8,14-16,19H,2,9-13,17-18H2,1H3,(H,37,38);(H,6,7)/p-1. The Kier molecular flexibility index (Phi) is 10.3. The summed E-state index contributed by atoms with van der Waals surface area (Å²) in [6.07, 6.45) is -0.667. The molecule has 3 aromatic carbocycles. The molecule has 46 heavy (non-hydrogen) atoms. The van der Waals surface area contributed by atoms with Crippen molar-refractivity contribution in [2.45, 2.75) is 51.6 Å². The van der Waals surface area contributed by atoms with Gasteiger partial charge in [-0.2, -0.15) is 13.2 Å². The number of aromatic carboxylic acids is 1. The number of hydrogen-bond acceptors (Lipinski definition) is 5. The van der Waals surface area contributed by atoms with E-state index >= 15 is 0 Å². The fourth-order valence-corrected chi connectivity index (χ4v) is 6.04.